The minimum absolute atomic E-state index is 0.202. The molecule has 4 rings (SSSR count). The lowest BCUT2D eigenvalue weighted by Gasteiger charge is -2.11. The molecule has 8 heteroatoms. The van der Waals surface area contributed by atoms with Gasteiger partial charge in [0.2, 0.25) is 4.96 Å². The topological polar surface area (TPSA) is 65.7 Å². The molecule has 0 aliphatic heterocycles. The molecule has 0 atom stereocenters. The molecule has 2 heterocycles. The second-order valence-corrected chi connectivity index (χ2v) is 7.99. The molecule has 154 valence electrons. The van der Waals surface area contributed by atoms with Crippen molar-refractivity contribution in [2.24, 2.45) is 0 Å². The zero-order valence-electron chi connectivity index (χ0n) is 16.6. The van der Waals surface area contributed by atoms with Crippen molar-refractivity contribution in [2.45, 2.75) is 20.3 Å². The first-order chi connectivity index (χ1) is 14.6. The van der Waals surface area contributed by atoms with Gasteiger partial charge in [0.15, 0.2) is 17.3 Å². The summed E-state index contributed by atoms with van der Waals surface area (Å²) in [7, 11) is 0. The summed E-state index contributed by atoms with van der Waals surface area (Å²) >= 11 is 7.23. The summed E-state index contributed by atoms with van der Waals surface area (Å²) in [5, 5.41) is 5.00. The summed E-state index contributed by atoms with van der Waals surface area (Å²) in [5.74, 6) is 1.86. The van der Waals surface area contributed by atoms with Crippen LogP contribution in [0, 0.1) is 0 Å². The van der Waals surface area contributed by atoms with E-state index in [4.69, 9.17) is 21.1 Å². The van der Waals surface area contributed by atoms with Crippen LogP contribution in [0.5, 0.6) is 11.5 Å². The summed E-state index contributed by atoms with van der Waals surface area (Å²) in [6, 6.07) is 12.9. The van der Waals surface area contributed by atoms with Gasteiger partial charge in [-0.15, -0.1) is 5.10 Å². The van der Waals surface area contributed by atoms with Crippen LogP contribution >= 0.6 is 22.9 Å². The SMILES string of the molecule is CCCOc1ccc(C=c2sc3nc(-c4ccc(Cl)cc4)nn3c2=O)cc1OCC. The average Bonchev–Trinajstić information content (AvgIpc) is 3.28. The van der Waals surface area contributed by atoms with Gasteiger partial charge >= 0.3 is 0 Å². The number of hydrogen-bond donors (Lipinski definition) is 0. The van der Waals surface area contributed by atoms with Gasteiger partial charge in [-0.25, -0.2) is 0 Å². The number of benzene rings is 2. The first-order valence-electron chi connectivity index (χ1n) is 9.66. The van der Waals surface area contributed by atoms with Gasteiger partial charge in [-0.3, -0.25) is 4.79 Å². The molecule has 0 saturated carbocycles. The Hall–Kier alpha value is -2.90. The van der Waals surface area contributed by atoms with Gasteiger partial charge in [0.25, 0.3) is 5.56 Å². The largest absolute Gasteiger partial charge is 0.490 e. The van der Waals surface area contributed by atoms with E-state index in [9.17, 15) is 4.79 Å². The normalized spacial score (nSPS) is 11.9. The van der Waals surface area contributed by atoms with E-state index in [1.54, 1.807) is 12.1 Å². The molecular formula is C22H20ClN3O3S. The van der Waals surface area contributed by atoms with E-state index in [0.717, 1.165) is 17.5 Å². The Morgan fingerprint density at radius 2 is 1.90 bits per heavy atom. The summed E-state index contributed by atoms with van der Waals surface area (Å²) in [6.45, 7) is 5.13. The average molecular weight is 442 g/mol. The second-order valence-electron chi connectivity index (χ2n) is 6.54. The van der Waals surface area contributed by atoms with E-state index >= 15 is 0 Å². The number of fused-ring (bicyclic) bond motifs is 1. The van der Waals surface area contributed by atoms with Crippen molar-refractivity contribution >= 4 is 34.0 Å². The zero-order chi connectivity index (χ0) is 21.1. The van der Waals surface area contributed by atoms with Crippen molar-refractivity contribution in [3.05, 3.63) is 67.9 Å². The molecule has 0 unspecified atom stereocenters. The maximum absolute atomic E-state index is 12.8. The molecule has 0 saturated heterocycles. The molecule has 0 bridgehead atoms. The Bertz CT molecular complexity index is 1280. The van der Waals surface area contributed by atoms with Crippen LogP contribution < -0.4 is 19.6 Å². The Kier molecular flexibility index (Phi) is 6.01. The highest BCUT2D eigenvalue weighted by Crippen LogP contribution is 2.29. The number of aromatic nitrogens is 3. The fraction of sp³-hybridized carbons (Fsp3) is 0.227. The maximum Gasteiger partial charge on any atom is 0.291 e. The van der Waals surface area contributed by atoms with Crippen molar-refractivity contribution in [3.63, 3.8) is 0 Å². The third kappa shape index (κ3) is 4.17. The van der Waals surface area contributed by atoms with E-state index in [1.807, 2.05) is 43.3 Å². The highest BCUT2D eigenvalue weighted by molar-refractivity contribution is 7.15. The Labute approximate surface area is 182 Å². The van der Waals surface area contributed by atoms with Crippen LogP contribution in [0.4, 0.5) is 0 Å². The predicted molar refractivity (Wildman–Crippen MR) is 120 cm³/mol. The van der Waals surface area contributed by atoms with E-state index < -0.39 is 0 Å². The molecule has 0 fully saturated rings. The summed E-state index contributed by atoms with van der Waals surface area (Å²) in [6.07, 6.45) is 2.73. The maximum atomic E-state index is 12.8. The molecule has 30 heavy (non-hydrogen) atoms. The Morgan fingerprint density at radius 3 is 2.60 bits per heavy atom. The fourth-order valence-corrected chi connectivity index (χ4v) is 3.95. The van der Waals surface area contributed by atoms with Gasteiger partial charge in [-0.1, -0.05) is 35.9 Å². The van der Waals surface area contributed by atoms with Crippen LogP contribution in [-0.4, -0.2) is 27.8 Å². The van der Waals surface area contributed by atoms with Crippen molar-refractivity contribution in [1.29, 1.82) is 0 Å². The lowest BCUT2D eigenvalue weighted by molar-refractivity contribution is 0.277. The molecule has 0 amide bonds. The molecule has 0 spiro atoms. The predicted octanol–water partition coefficient (Wildman–Crippen LogP) is 4.21. The number of nitrogens with zero attached hydrogens (tertiary/aromatic N) is 3. The lowest BCUT2D eigenvalue weighted by atomic mass is 10.2. The minimum Gasteiger partial charge on any atom is -0.490 e. The van der Waals surface area contributed by atoms with Crippen LogP contribution in [0.25, 0.3) is 22.4 Å². The van der Waals surface area contributed by atoms with Crippen molar-refractivity contribution in [1.82, 2.24) is 14.6 Å². The first-order valence-corrected chi connectivity index (χ1v) is 10.9. The van der Waals surface area contributed by atoms with Gasteiger partial charge in [0.1, 0.15) is 0 Å². The minimum atomic E-state index is -0.202. The first kappa shape index (κ1) is 20.4. The summed E-state index contributed by atoms with van der Waals surface area (Å²) in [4.78, 5) is 17.9. The molecule has 0 N–H and O–H groups in total. The van der Waals surface area contributed by atoms with Crippen molar-refractivity contribution < 1.29 is 9.47 Å². The van der Waals surface area contributed by atoms with E-state index in [0.29, 0.717) is 45.1 Å². The van der Waals surface area contributed by atoms with Gasteiger partial charge in [0.05, 0.1) is 17.7 Å². The van der Waals surface area contributed by atoms with Crippen LogP contribution in [0.2, 0.25) is 5.02 Å². The van der Waals surface area contributed by atoms with Crippen molar-refractivity contribution in [2.75, 3.05) is 13.2 Å². The highest BCUT2D eigenvalue weighted by atomic mass is 35.5. The number of rotatable bonds is 7. The summed E-state index contributed by atoms with van der Waals surface area (Å²) < 4.78 is 13.3. The van der Waals surface area contributed by atoms with Crippen LogP contribution in [0.1, 0.15) is 25.8 Å². The van der Waals surface area contributed by atoms with Crippen molar-refractivity contribution in [3.8, 4) is 22.9 Å². The Balaban J connectivity index is 1.70. The fourth-order valence-electron chi connectivity index (χ4n) is 2.92. The smallest absolute Gasteiger partial charge is 0.291 e. The number of halogens is 1. The molecule has 0 aliphatic carbocycles. The van der Waals surface area contributed by atoms with Crippen LogP contribution in [0.3, 0.4) is 0 Å². The van der Waals surface area contributed by atoms with Crippen LogP contribution in [-0.2, 0) is 0 Å². The molecular weight excluding hydrogens is 422 g/mol. The van der Waals surface area contributed by atoms with Crippen LogP contribution in [0.15, 0.2) is 47.3 Å². The van der Waals surface area contributed by atoms with E-state index in [-0.39, 0.29) is 5.56 Å². The summed E-state index contributed by atoms with van der Waals surface area (Å²) in [5.41, 5.74) is 1.46. The Morgan fingerprint density at radius 1 is 1.10 bits per heavy atom. The lowest BCUT2D eigenvalue weighted by Crippen LogP contribution is -2.23. The zero-order valence-corrected chi connectivity index (χ0v) is 18.2. The number of ether oxygens (including phenoxy) is 2. The third-order valence-corrected chi connectivity index (χ3v) is 5.52. The molecule has 0 aliphatic rings. The van der Waals surface area contributed by atoms with Gasteiger partial charge in [0, 0.05) is 10.6 Å². The second kappa shape index (κ2) is 8.85. The molecule has 4 aromatic rings. The standard InChI is InChI=1S/C22H20ClN3O3S/c1-3-11-29-17-10-5-14(12-18(17)28-4-2)13-19-21(27)26-22(30-19)24-20(25-26)15-6-8-16(23)9-7-15/h5-10,12-13H,3-4,11H2,1-2H3. The molecule has 2 aromatic heterocycles. The molecule has 2 aromatic carbocycles. The van der Waals surface area contributed by atoms with Gasteiger partial charge in [-0.2, -0.15) is 9.50 Å². The number of thiazole rings is 1. The molecule has 6 nitrogen and oxygen atoms in total. The number of hydrogen-bond acceptors (Lipinski definition) is 6. The van der Waals surface area contributed by atoms with E-state index in [1.165, 1.54) is 15.9 Å². The molecule has 0 radical (unpaired) electrons. The highest BCUT2D eigenvalue weighted by Gasteiger charge is 2.12. The quantitative estimate of drug-likeness (QED) is 0.430. The third-order valence-electron chi connectivity index (χ3n) is 4.31. The van der Waals surface area contributed by atoms with E-state index in [2.05, 4.69) is 17.0 Å². The van der Waals surface area contributed by atoms with Gasteiger partial charge in [-0.05, 0) is 61.4 Å². The van der Waals surface area contributed by atoms with Gasteiger partial charge < -0.3 is 9.47 Å². The monoisotopic (exact) mass is 441 g/mol.